The lowest BCUT2D eigenvalue weighted by Gasteiger charge is -2.36. The van der Waals surface area contributed by atoms with Gasteiger partial charge in [-0.1, -0.05) is 27.2 Å². The maximum atomic E-state index is 11.3. The third kappa shape index (κ3) is 3.32. The first-order valence-corrected chi connectivity index (χ1v) is 6.13. The fourth-order valence-corrected chi connectivity index (χ4v) is 2.47. The molecule has 0 N–H and O–H groups in total. The first kappa shape index (κ1) is 13.2. The highest BCUT2D eigenvalue weighted by molar-refractivity contribution is 6.32. The van der Waals surface area contributed by atoms with Crippen LogP contribution in [0.25, 0.3) is 0 Å². The van der Waals surface area contributed by atoms with Crippen LogP contribution in [0.15, 0.2) is 0 Å². The van der Waals surface area contributed by atoms with Crippen LogP contribution >= 0.6 is 0 Å². The number of carbonyl (C=O) groups excluding carboxylic acids is 2. The van der Waals surface area contributed by atoms with Gasteiger partial charge in [0.05, 0.1) is 0 Å². The summed E-state index contributed by atoms with van der Waals surface area (Å²) in [6, 6.07) is 0. The van der Waals surface area contributed by atoms with E-state index in [1.807, 2.05) is 0 Å². The van der Waals surface area contributed by atoms with Crippen LogP contribution in [-0.2, 0) is 14.3 Å². The summed E-state index contributed by atoms with van der Waals surface area (Å²) in [5.41, 5.74) is 0. The molecule has 16 heavy (non-hydrogen) atoms. The lowest BCUT2D eigenvalue weighted by molar-refractivity contribution is -0.162. The number of hydrogen-bond donors (Lipinski definition) is 0. The predicted octanol–water partition coefficient (Wildman–Crippen LogP) is 2.58. The Kier molecular flexibility index (Phi) is 4.51. The zero-order valence-electron chi connectivity index (χ0n) is 10.7. The molecule has 0 aromatic rings. The molecule has 1 saturated carbocycles. The van der Waals surface area contributed by atoms with Crippen molar-refractivity contribution in [3.05, 3.63) is 0 Å². The van der Waals surface area contributed by atoms with Crippen LogP contribution in [0.3, 0.4) is 0 Å². The van der Waals surface area contributed by atoms with Gasteiger partial charge in [0.25, 0.3) is 0 Å². The van der Waals surface area contributed by atoms with Crippen molar-refractivity contribution in [2.75, 3.05) is 0 Å². The molecule has 3 atom stereocenters. The summed E-state index contributed by atoms with van der Waals surface area (Å²) in [6.45, 7) is 7.73. The summed E-state index contributed by atoms with van der Waals surface area (Å²) >= 11 is 0. The van der Waals surface area contributed by atoms with Gasteiger partial charge in [-0.05, 0) is 30.6 Å². The second kappa shape index (κ2) is 5.46. The lowest BCUT2D eigenvalue weighted by Crippen LogP contribution is -2.37. The summed E-state index contributed by atoms with van der Waals surface area (Å²) in [7, 11) is 0. The third-order valence-electron chi connectivity index (χ3n) is 3.51. The van der Waals surface area contributed by atoms with E-state index in [2.05, 4.69) is 20.8 Å². The van der Waals surface area contributed by atoms with Gasteiger partial charge >= 0.3 is 5.97 Å². The zero-order chi connectivity index (χ0) is 12.3. The number of ketones is 1. The van der Waals surface area contributed by atoms with E-state index in [-0.39, 0.29) is 6.10 Å². The van der Waals surface area contributed by atoms with Crippen molar-refractivity contribution < 1.29 is 14.3 Å². The summed E-state index contributed by atoms with van der Waals surface area (Å²) in [5.74, 6) is 0.307. The van der Waals surface area contributed by atoms with Gasteiger partial charge in [0.2, 0.25) is 5.78 Å². The Morgan fingerprint density at radius 2 is 1.88 bits per heavy atom. The number of rotatable bonds is 3. The maximum absolute atomic E-state index is 11.3. The standard InChI is InChI=1S/C13H22O3/c1-8(2)11-6-5-9(3)7-12(11)16-13(15)10(4)14/h8-9,11-12H,5-7H2,1-4H3/t9-,11+,12+/m1/s1. The highest BCUT2D eigenvalue weighted by Crippen LogP contribution is 2.35. The van der Waals surface area contributed by atoms with Gasteiger partial charge in [0, 0.05) is 6.92 Å². The molecular weight excluding hydrogens is 204 g/mol. The second-order valence-corrected chi connectivity index (χ2v) is 5.33. The van der Waals surface area contributed by atoms with Gasteiger partial charge in [-0.15, -0.1) is 0 Å². The summed E-state index contributed by atoms with van der Waals surface area (Å²) < 4.78 is 5.31. The van der Waals surface area contributed by atoms with Crippen molar-refractivity contribution in [2.24, 2.45) is 17.8 Å². The minimum absolute atomic E-state index is 0.0693. The van der Waals surface area contributed by atoms with Crippen molar-refractivity contribution in [2.45, 2.75) is 53.1 Å². The maximum Gasteiger partial charge on any atom is 0.374 e. The number of ether oxygens (including phenoxy) is 1. The van der Waals surface area contributed by atoms with Crippen molar-refractivity contribution in [3.8, 4) is 0 Å². The van der Waals surface area contributed by atoms with Crippen LogP contribution in [-0.4, -0.2) is 17.9 Å². The van der Waals surface area contributed by atoms with Gasteiger partial charge < -0.3 is 4.74 Å². The van der Waals surface area contributed by atoms with E-state index in [4.69, 9.17) is 4.74 Å². The van der Waals surface area contributed by atoms with E-state index in [9.17, 15) is 9.59 Å². The highest BCUT2D eigenvalue weighted by atomic mass is 16.5. The molecule has 1 aliphatic carbocycles. The van der Waals surface area contributed by atoms with Crippen LogP contribution in [0.5, 0.6) is 0 Å². The minimum atomic E-state index is -0.676. The average molecular weight is 226 g/mol. The van der Waals surface area contributed by atoms with E-state index < -0.39 is 11.8 Å². The Bertz CT molecular complexity index is 270. The molecule has 0 heterocycles. The Hall–Kier alpha value is -0.860. The monoisotopic (exact) mass is 226 g/mol. The summed E-state index contributed by atoms with van der Waals surface area (Å²) in [5, 5.41) is 0. The van der Waals surface area contributed by atoms with Gasteiger partial charge in [-0.3, -0.25) is 4.79 Å². The average Bonchev–Trinajstić information content (AvgIpc) is 2.16. The number of Topliss-reactive ketones (excluding diaryl/α,β-unsaturated/α-hetero) is 1. The highest BCUT2D eigenvalue weighted by Gasteiger charge is 2.33. The van der Waals surface area contributed by atoms with E-state index in [1.165, 1.54) is 13.3 Å². The Morgan fingerprint density at radius 1 is 1.25 bits per heavy atom. The van der Waals surface area contributed by atoms with E-state index in [0.29, 0.717) is 17.8 Å². The first-order valence-electron chi connectivity index (χ1n) is 6.13. The van der Waals surface area contributed by atoms with Crippen molar-refractivity contribution in [1.82, 2.24) is 0 Å². The first-order chi connectivity index (χ1) is 7.41. The molecule has 1 rings (SSSR count). The molecular formula is C13H22O3. The van der Waals surface area contributed by atoms with E-state index in [1.54, 1.807) is 0 Å². The molecule has 0 unspecified atom stereocenters. The van der Waals surface area contributed by atoms with Crippen LogP contribution in [0.4, 0.5) is 0 Å². The van der Waals surface area contributed by atoms with Crippen molar-refractivity contribution in [3.63, 3.8) is 0 Å². The van der Waals surface area contributed by atoms with Crippen molar-refractivity contribution >= 4 is 11.8 Å². The topological polar surface area (TPSA) is 43.4 Å². The fraction of sp³-hybridized carbons (Fsp3) is 0.846. The molecule has 0 aromatic carbocycles. The van der Waals surface area contributed by atoms with Gasteiger partial charge in [-0.2, -0.15) is 0 Å². The smallest absolute Gasteiger partial charge is 0.374 e. The molecule has 1 fully saturated rings. The fourth-order valence-electron chi connectivity index (χ4n) is 2.47. The van der Waals surface area contributed by atoms with Gasteiger partial charge in [0.1, 0.15) is 6.10 Å². The molecule has 0 radical (unpaired) electrons. The summed E-state index contributed by atoms with van der Waals surface area (Å²) in [4.78, 5) is 22.2. The quantitative estimate of drug-likeness (QED) is 0.548. The van der Waals surface area contributed by atoms with Crippen LogP contribution < -0.4 is 0 Å². The summed E-state index contributed by atoms with van der Waals surface area (Å²) in [6.07, 6.45) is 3.10. The molecule has 0 saturated heterocycles. The largest absolute Gasteiger partial charge is 0.456 e. The Morgan fingerprint density at radius 3 is 2.38 bits per heavy atom. The van der Waals surface area contributed by atoms with Crippen LogP contribution in [0.2, 0.25) is 0 Å². The van der Waals surface area contributed by atoms with Crippen molar-refractivity contribution in [1.29, 1.82) is 0 Å². The Labute approximate surface area is 97.5 Å². The minimum Gasteiger partial charge on any atom is -0.456 e. The van der Waals surface area contributed by atoms with E-state index in [0.717, 1.165) is 12.8 Å². The second-order valence-electron chi connectivity index (χ2n) is 5.33. The number of esters is 1. The molecule has 92 valence electrons. The normalized spacial score (nSPS) is 30.2. The Balaban J connectivity index is 2.64. The SMILES string of the molecule is CC(=O)C(=O)O[C@H]1C[C@H](C)CC[C@H]1C(C)C. The predicted molar refractivity (Wildman–Crippen MR) is 61.9 cm³/mol. The molecule has 1 aliphatic rings. The molecule has 3 heteroatoms. The van der Waals surface area contributed by atoms with Gasteiger partial charge in [0.15, 0.2) is 0 Å². The number of hydrogen-bond acceptors (Lipinski definition) is 3. The van der Waals surface area contributed by atoms with Gasteiger partial charge in [-0.25, -0.2) is 4.79 Å². The zero-order valence-corrected chi connectivity index (χ0v) is 10.7. The molecule has 0 aliphatic heterocycles. The lowest BCUT2D eigenvalue weighted by atomic mass is 9.75. The third-order valence-corrected chi connectivity index (χ3v) is 3.51. The molecule has 3 nitrogen and oxygen atoms in total. The molecule has 0 bridgehead atoms. The molecule has 0 amide bonds. The van der Waals surface area contributed by atoms with Crippen LogP contribution in [0.1, 0.15) is 47.0 Å². The van der Waals surface area contributed by atoms with E-state index >= 15 is 0 Å². The molecule has 0 aromatic heterocycles. The number of carbonyl (C=O) groups is 2. The van der Waals surface area contributed by atoms with Crippen LogP contribution in [0, 0.1) is 17.8 Å². The molecule has 0 spiro atoms.